The second kappa shape index (κ2) is 10.4. The lowest BCUT2D eigenvalue weighted by atomic mass is 9.97. The fourth-order valence-electron chi connectivity index (χ4n) is 3.68. The van der Waals surface area contributed by atoms with Crippen LogP contribution < -0.4 is 4.74 Å². The predicted molar refractivity (Wildman–Crippen MR) is 119 cm³/mol. The van der Waals surface area contributed by atoms with Gasteiger partial charge in [0.25, 0.3) is 0 Å². The highest BCUT2D eigenvalue weighted by molar-refractivity contribution is 7.14. The average Bonchev–Trinajstić information content (AvgIpc) is 2.93. The summed E-state index contributed by atoms with van der Waals surface area (Å²) in [6.45, 7) is 12.3. The van der Waals surface area contributed by atoms with Gasteiger partial charge in [-0.25, -0.2) is 0 Å². The van der Waals surface area contributed by atoms with Gasteiger partial charge in [-0.3, -0.25) is 4.79 Å². The number of Topliss-reactive ketones (excluding diaryl/α,β-unsaturated/α-hetero) is 1. The molecule has 5 heteroatoms. The van der Waals surface area contributed by atoms with Crippen molar-refractivity contribution in [2.45, 2.75) is 66.9 Å². The number of ketones is 1. The average molecular weight is 419 g/mol. The van der Waals surface area contributed by atoms with Gasteiger partial charge in [-0.2, -0.15) is 0 Å². The summed E-state index contributed by atoms with van der Waals surface area (Å²) < 4.78 is 5.66. The molecule has 0 aliphatic rings. The highest BCUT2D eigenvalue weighted by Crippen LogP contribution is 2.31. The van der Waals surface area contributed by atoms with Crippen molar-refractivity contribution in [2.75, 3.05) is 13.2 Å². The Morgan fingerprint density at radius 3 is 2.31 bits per heavy atom. The first kappa shape index (κ1) is 23.6. The number of ether oxygens (including phenoxy) is 1. The fourth-order valence-corrected chi connectivity index (χ4v) is 4.84. The Labute approximate surface area is 178 Å². The van der Waals surface area contributed by atoms with Gasteiger partial charge in [0, 0.05) is 11.3 Å². The van der Waals surface area contributed by atoms with Gasteiger partial charge < -0.3 is 14.9 Å². The van der Waals surface area contributed by atoms with Crippen molar-refractivity contribution >= 4 is 17.1 Å². The van der Waals surface area contributed by atoms with Gasteiger partial charge in [-0.05, 0) is 74.3 Å². The van der Waals surface area contributed by atoms with E-state index in [0.29, 0.717) is 18.8 Å². The molecule has 0 bridgehead atoms. The van der Waals surface area contributed by atoms with E-state index in [9.17, 15) is 9.90 Å². The molecule has 0 aliphatic carbocycles. The highest BCUT2D eigenvalue weighted by Gasteiger charge is 2.19. The maximum Gasteiger partial charge on any atom is 0.173 e. The molecule has 29 heavy (non-hydrogen) atoms. The molecule has 2 rings (SSSR count). The molecule has 4 nitrogen and oxygen atoms in total. The smallest absolute Gasteiger partial charge is 0.173 e. The quantitative estimate of drug-likeness (QED) is 0.548. The fraction of sp³-hybridized carbons (Fsp3) is 0.542. The van der Waals surface area contributed by atoms with Crippen molar-refractivity contribution in [1.82, 2.24) is 0 Å². The number of carbonyl (C=O) groups excluding carboxylic acids is 1. The zero-order chi connectivity index (χ0) is 21.7. The Hall–Kier alpha value is -1.69. The first-order valence-electron chi connectivity index (χ1n) is 10.3. The van der Waals surface area contributed by atoms with Gasteiger partial charge in [-0.1, -0.05) is 26.0 Å². The van der Waals surface area contributed by atoms with E-state index >= 15 is 0 Å². The van der Waals surface area contributed by atoms with Crippen LogP contribution in [-0.2, 0) is 12.8 Å². The maximum atomic E-state index is 12.9. The molecule has 1 aromatic carbocycles. The summed E-state index contributed by atoms with van der Waals surface area (Å²) in [5, 5.41) is 18.4. The minimum Gasteiger partial charge on any atom is -0.490 e. The predicted octanol–water partition coefficient (Wildman–Crippen LogP) is 4.73. The lowest BCUT2D eigenvalue weighted by Crippen LogP contribution is -2.21. The zero-order valence-corrected chi connectivity index (χ0v) is 19.3. The van der Waals surface area contributed by atoms with E-state index in [0.717, 1.165) is 39.3 Å². The third-order valence-corrected chi connectivity index (χ3v) is 6.42. The summed E-state index contributed by atoms with van der Waals surface area (Å²) in [6, 6.07) is 4.08. The number of hydrogen-bond donors (Lipinski definition) is 2. The molecule has 0 fully saturated rings. The molecule has 0 saturated heterocycles. The minimum absolute atomic E-state index is 0.0612. The first-order chi connectivity index (χ1) is 13.6. The molecule has 0 aliphatic heterocycles. The number of aryl methyl sites for hydroxylation is 4. The van der Waals surface area contributed by atoms with E-state index in [2.05, 4.69) is 27.7 Å². The summed E-state index contributed by atoms with van der Waals surface area (Å²) in [5.41, 5.74) is 5.55. The van der Waals surface area contributed by atoms with E-state index < -0.39 is 6.10 Å². The molecule has 1 atom stereocenters. The second-order valence-electron chi connectivity index (χ2n) is 8.32. The molecule has 160 valence electrons. The van der Waals surface area contributed by atoms with E-state index in [1.165, 1.54) is 10.4 Å². The van der Waals surface area contributed by atoms with Crippen LogP contribution in [0.4, 0.5) is 0 Å². The number of hydrogen-bond acceptors (Lipinski definition) is 5. The van der Waals surface area contributed by atoms with Crippen molar-refractivity contribution < 1.29 is 19.7 Å². The van der Waals surface area contributed by atoms with Crippen LogP contribution in [0.5, 0.6) is 5.75 Å². The number of aliphatic hydroxyl groups is 2. The van der Waals surface area contributed by atoms with E-state index in [4.69, 9.17) is 9.84 Å². The van der Waals surface area contributed by atoms with Crippen LogP contribution in [0, 0.1) is 33.6 Å². The van der Waals surface area contributed by atoms with Gasteiger partial charge in [-0.15, -0.1) is 11.3 Å². The Balaban J connectivity index is 2.07. The summed E-state index contributed by atoms with van der Waals surface area (Å²) >= 11 is 1.63. The van der Waals surface area contributed by atoms with E-state index in [-0.39, 0.29) is 19.0 Å². The standard InChI is InChI=1S/C24H34O4S/c1-14(2)9-21-17(5)24(29-18(21)6)22(27)8-7-19-10-15(3)23(16(4)11-19)28-13-20(26)12-25/h10-11,14,20,25-26H,7-9,12-13H2,1-6H3. The molecule has 0 amide bonds. The Morgan fingerprint density at radius 1 is 1.14 bits per heavy atom. The molecule has 1 aromatic heterocycles. The van der Waals surface area contributed by atoms with Crippen LogP contribution in [0.2, 0.25) is 0 Å². The largest absolute Gasteiger partial charge is 0.490 e. The van der Waals surface area contributed by atoms with Crippen molar-refractivity contribution in [3.63, 3.8) is 0 Å². The van der Waals surface area contributed by atoms with Crippen LogP contribution in [0.15, 0.2) is 12.1 Å². The van der Waals surface area contributed by atoms with Crippen molar-refractivity contribution in [3.05, 3.63) is 49.7 Å². The van der Waals surface area contributed by atoms with E-state index in [1.807, 2.05) is 26.0 Å². The zero-order valence-electron chi connectivity index (χ0n) is 18.5. The van der Waals surface area contributed by atoms with Crippen LogP contribution in [-0.4, -0.2) is 35.3 Å². The molecular formula is C24H34O4S. The van der Waals surface area contributed by atoms with Crippen LogP contribution in [0.1, 0.15) is 62.6 Å². The monoisotopic (exact) mass is 418 g/mol. The molecule has 1 unspecified atom stereocenters. The SMILES string of the molecule is Cc1cc(CCC(=O)c2sc(C)c(CC(C)C)c2C)cc(C)c1OCC(O)CO. The van der Waals surface area contributed by atoms with Crippen LogP contribution in [0.25, 0.3) is 0 Å². The minimum atomic E-state index is -0.885. The van der Waals surface area contributed by atoms with E-state index in [1.54, 1.807) is 11.3 Å². The Kier molecular flexibility index (Phi) is 8.44. The van der Waals surface area contributed by atoms with Crippen molar-refractivity contribution in [3.8, 4) is 5.75 Å². The summed E-state index contributed by atoms with van der Waals surface area (Å²) in [6.07, 6.45) is 1.32. The number of benzene rings is 1. The van der Waals surface area contributed by atoms with Crippen molar-refractivity contribution in [1.29, 1.82) is 0 Å². The lowest BCUT2D eigenvalue weighted by Gasteiger charge is -2.16. The summed E-state index contributed by atoms with van der Waals surface area (Å²) in [4.78, 5) is 15.0. The number of carbonyl (C=O) groups is 1. The number of rotatable bonds is 10. The van der Waals surface area contributed by atoms with Crippen molar-refractivity contribution in [2.24, 2.45) is 5.92 Å². The second-order valence-corrected chi connectivity index (χ2v) is 9.54. The van der Waals surface area contributed by atoms with Gasteiger partial charge >= 0.3 is 0 Å². The first-order valence-corrected chi connectivity index (χ1v) is 11.1. The van der Waals surface area contributed by atoms with Gasteiger partial charge in [0.05, 0.1) is 11.5 Å². The molecule has 2 N–H and O–H groups in total. The molecule has 2 aromatic rings. The number of aliphatic hydroxyl groups excluding tert-OH is 2. The third kappa shape index (κ3) is 6.14. The molecule has 1 heterocycles. The van der Waals surface area contributed by atoms with Gasteiger partial charge in [0.1, 0.15) is 18.5 Å². The maximum absolute atomic E-state index is 12.9. The highest BCUT2D eigenvalue weighted by atomic mass is 32.1. The molecule has 0 saturated carbocycles. The molecule has 0 radical (unpaired) electrons. The third-order valence-electron chi connectivity index (χ3n) is 5.13. The molecule has 0 spiro atoms. The topological polar surface area (TPSA) is 66.8 Å². The summed E-state index contributed by atoms with van der Waals surface area (Å²) in [7, 11) is 0. The Morgan fingerprint density at radius 2 is 1.76 bits per heavy atom. The normalized spacial score (nSPS) is 12.4. The summed E-state index contributed by atoms with van der Waals surface area (Å²) in [5.74, 6) is 1.53. The van der Waals surface area contributed by atoms with Gasteiger partial charge in [0.15, 0.2) is 5.78 Å². The molecular weight excluding hydrogens is 384 g/mol. The Bertz CT molecular complexity index is 828. The lowest BCUT2D eigenvalue weighted by molar-refractivity contribution is 0.0531. The van der Waals surface area contributed by atoms with Crippen LogP contribution >= 0.6 is 11.3 Å². The van der Waals surface area contributed by atoms with Gasteiger partial charge in [0.2, 0.25) is 0 Å². The van der Waals surface area contributed by atoms with Crippen LogP contribution in [0.3, 0.4) is 0 Å². The number of thiophene rings is 1.